The summed E-state index contributed by atoms with van der Waals surface area (Å²) in [7, 11) is 0. The topological polar surface area (TPSA) is 43.9 Å². The molecule has 5 rings (SSSR count). The maximum atomic E-state index is 13.1. The van der Waals surface area contributed by atoms with E-state index in [0.29, 0.717) is 18.7 Å². The monoisotopic (exact) mass is 467 g/mol. The number of benzene rings is 3. The molecular weight excluding hydrogens is 434 g/mol. The summed E-state index contributed by atoms with van der Waals surface area (Å²) in [6.07, 6.45) is 1.49. The van der Waals surface area contributed by atoms with Gasteiger partial charge in [0.1, 0.15) is 0 Å². The second-order valence-corrected chi connectivity index (χ2v) is 9.60. The number of rotatable bonds is 5. The highest BCUT2D eigenvalue weighted by Gasteiger charge is 2.32. The predicted octanol–water partition coefficient (Wildman–Crippen LogP) is 4.55. The maximum Gasteiger partial charge on any atom is 0.253 e. The smallest absolute Gasteiger partial charge is 0.253 e. The zero-order valence-corrected chi connectivity index (χ0v) is 20.2. The standard InChI is InChI=1S/C30H33N3O2/c34-29(27-13-11-26(12-14-27)25-9-5-2-6-10-25)32-17-15-28(16-18-32)30(35)33-21-19-31(20-22-33)23-24-7-3-1-4-8-24/h1-14,28H,15-23H2. The molecule has 0 spiro atoms. The summed E-state index contributed by atoms with van der Waals surface area (Å²) < 4.78 is 0. The maximum absolute atomic E-state index is 13.1. The van der Waals surface area contributed by atoms with Crippen LogP contribution < -0.4 is 0 Å². The van der Waals surface area contributed by atoms with Crippen LogP contribution in [0, 0.1) is 5.92 Å². The number of carbonyl (C=O) groups is 2. The minimum absolute atomic E-state index is 0.0279. The zero-order chi connectivity index (χ0) is 24.0. The molecule has 3 aromatic rings. The summed E-state index contributed by atoms with van der Waals surface area (Å²) in [5, 5.41) is 0. The normalized spacial score (nSPS) is 17.4. The van der Waals surface area contributed by atoms with Crippen molar-refractivity contribution in [2.75, 3.05) is 39.3 Å². The third kappa shape index (κ3) is 5.63. The Kier molecular flexibility index (Phi) is 7.24. The highest BCUT2D eigenvalue weighted by molar-refractivity contribution is 5.95. The number of piperidine rings is 1. The van der Waals surface area contributed by atoms with Gasteiger partial charge in [0.25, 0.3) is 5.91 Å². The van der Waals surface area contributed by atoms with Crippen LogP contribution in [0.3, 0.4) is 0 Å². The van der Waals surface area contributed by atoms with Gasteiger partial charge >= 0.3 is 0 Å². The summed E-state index contributed by atoms with van der Waals surface area (Å²) in [6, 6.07) is 28.5. The predicted molar refractivity (Wildman–Crippen MR) is 139 cm³/mol. The fourth-order valence-corrected chi connectivity index (χ4v) is 5.17. The van der Waals surface area contributed by atoms with Crippen molar-refractivity contribution in [1.82, 2.24) is 14.7 Å². The van der Waals surface area contributed by atoms with E-state index in [-0.39, 0.29) is 17.7 Å². The number of hydrogen-bond acceptors (Lipinski definition) is 3. The molecule has 2 heterocycles. The van der Waals surface area contributed by atoms with E-state index < -0.39 is 0 Å². The van der Waals surface area contributed by atoms with Crippen molar-refractivity contribution < 1.29 is 9.59 Å². The molecule has 2 saturated heterocycles. The van der Waals surface area contributed by atoms with Crippen LogP contribution in [-0.4, -0.2) is 65.8 Å². The molecular formula is C30H33N3O2. The molecule has 2 aliphatic heterocycles. The van der Waals surface area contributed by atoms with E-state index in [1.54, 1.807) is 0 Å². The van der Waals surface area contributed by atoms with Crippen LogP contribution in [-0.2, 0) is 11.3 Å². The van der Waals surface area contributed by atoms with E-state index in [1.165, 1.54) is 5.56 Å². The second-order valence-electron chi connectivity index (χ2n) is 9.60. The van der Waals surface area contributed by atoms with Crippen molar-refractivity contribution in [3.63, 3.8) is 0 Å². The molecule has 0 N–H and O–H groups in total. The van der Waals surface area contributed by atoms with Crippen molar-refractivity contribution in [3.8, 4) is 11.1 Å². The van der Waals surface area contributed by atoms with Gasteiger partial charge in [-0.3, -0.25) is 14.5 Å². The molecule has 2 aliphatic rings. The Morgan fingerprint density at radius 3 is 1.83 bits per heavy atom. The highest BCUT2D eigenvalue weighted by Crippen LogP contribution is 2.24. The van der Waals surface area contributed by atoms with Gasteiger partial charge in [0.05, 0.1) is 0 Å². The minimum Gasteiger partial charge on any atom is -0.340 e. The summed E-state index contributed by atoms with van der Waals surface area (Å²) >= 11 is 0. The van der Waals surface area contributed by atoms with Crippen LogP contribution in [0.4, 0.5) is 0 Å². The first-order valence-corrected chi connectivity index (χ1v) is 12.7. The summed E-state index contributed by atoms with van der Waals surface area (Å²) in [5.41, 5.74) is 4.28. The lowest BCUT2D eigenvalue weighted by Gasteiger charge is -2.38. The number of amides is 2. The van der Waals surface area contributed by atoms with E-state index in [9.17, 15) is 9.59 Å². The molecule has 2 fully saturated rings. The Balaban J connectivity index is 1.09. The third-order valence-electron chi connectivity index (χ3n) is 7.30. The molecule has 0 saturated carbocycles. The molecule has 0 bridgehead atoms. The Labute approximate surface area is 208 Å². The average Bonchev–Trinajstić information content (AvgIpc) is 2.94. The molecule has 0 radical (unpaired) electrons. The molecule has 180 valence electrons. The molecule has 0 unspecified atom stereocenters. The van der Waals surface area contributed by atoms with Crippen LogP contribution in [0.5, 0.6) is 0 Å². The van der Waals surface area contributed by atoms with Crippen molar-refractivity contribution in [2.45, 2.75) is 19.4 Å². The summed E-state index contributed by atoms with van der Waals surface area (Å²) in [4.78, 5) is 32.5. The third-order valence-corrected chi connectivity index (χ3v) is 7.30. The van der Waals surface area contributed by atoms with Crippen LogP contribution >= 0.6 is 0 Å². The quantitative estimate of drug-likeness (QED) is 0.553. The lowest BCUT2D eigenvalue weighted by molar-refractivity contribution is -0.138. The molecule has 3 aromatic carbocycles. The average molecular weight is 468 g/mol. The number of likely N-dealkylation sites (tertiary alicyclic amines) is 1. The van der Waals surface area contributed by atoms with Gasteiger partial charge in [-0.2, -0.15) is 0 Å². The molecule has 0 aliphatic carbocycles. The van der Waals surface area contributed by atoms with Gasteiger partial charge in [-0.25, -0.2) is 0 Å². The van der Waals surface area contributed by atoms with Gasteiger partial charge in [-0.1, -0.05) is 72.8 Å². The molecule has 5 heteroatoms. The molecule has 0 atom stereocenters. The van der Waals surface area contributed by atoms with E-state index >= 15 is 0 Å². The van der Waals surface area contributed by atoms with Gasteiger partial charge < -0.3 is 9.80 Å². The van der Waals surface area contributed by atoms with E-state index in [2.05, 4.69) is 41.3 Å². The highest BCUT2D eigenvalue weighted by atomic mass is 16.2. The molecule has 0 aromatic heterocycles. The van der Waals surface area contributed by atoms with Gasteiger partial charge in [0, 0.05) is 57.3 Å². The fraction of sp³-hybridized carbons (Fsp3) is 0.333. The Morgan fingerprint density at radius 2 is 1.20 bits per heavy atom. The number of hydrogen-bond donors (Lipinski definition) is 0. The minimum atomic E-state index is 0.0279. The largest absolute Gasteiger partial charge is 0.340 e. The number of piperazine rings is 1. The number of carbonyl (C=O) groups excluding carboxylic acids is 2. The Hall–Kier alpha value is -3.44. The fourth-order valence-electron chi connectivity index (χ4n) is 5.17. The van der Waals surface area contributed by atoms with E-state index in [0.717, 1.165) is 56.7 Å². The van der Waals surface area contributed by atoms with Crippen molar-refractivity contribution in [3.05, 3.63) is 96.1 Å². The van der Waals surface area contributed by atoms with Crippen molar-refractivity contribution in [2.24, 2.45) is 5.92 Å². The molecule has 35 heavy (non-hydrogen) atoms. The Bertz CT molecular complexity index is 1120. The van der Waals surface area contributed by atoms with Crippen LogP contribution in [0.2, 0.25) is 0 Å². The summed E-state index contributed by atoms with van der Waals surface area (Å²) in [6.45, 7) is 5.63. The van der Waals surface area contributed by atoms with Gasteiger partial charge in [0.15, 0.2) is 0 Å². The summed E-state index contributed by atoms with van der Waals surface area (Å²) in [5.74, 6) is 0.355. The number of nitrogens with zero attached hydrogens (tertiary/aromatic N) is 3. The van der Waals surface area contributed by atoms with Crippen LogP contribution in [0.1, 0.15) is 28.8 Å². The van der Waals surface area contributed by atoms with Crippen molar-refractivity contribution >= 4 is 11.8 Å². The van der Waals surface area contributed by atoms with E-state index in [1.807, 2.05) is 58.3 Å². The molecule has 5 nitrogen and oxygen atoms in total. The van der Waals surface area contributed by atoms with Crippen molar-refractivity contribution in [1.29, 1.82) is 0 Å². The molecule has 2 amide bonds. The van der Waals surface area contributed by atoms with Gasteiger partial charge in [-0.05, 0) is 41.7 Å². The first-order valence-electron chi connectivity index (χ1n) is 12.7. The van der Waals surface area contributed by atoms with Crippen LogP contribution in [0.15, 0.2) is 84.9 Å². The first-order chi connectivity index (χ1) is 17.2. The van der Waals surface area contributed by atoms with Gasteiger partial charge in [-0.15, -0.1) is 0 Å². The Morgan fingerprint density at radius 1 is 0.629 bits per heavy atom. The van der Waals surface area contributed by atoms with E-state index in [4.69, 9.17) is 0 Å². The zero-order valence-electron chi connectivity index (χ0n) is 20.2. The SMILES string of the molecule is O=C(c1ccc(-c2ccccc2)cc1)N1CCC(C(=O)N2CCN(Cc3ccccc3)CC2)CC1. The van der Waals surface area contributed by atoms with Gasteiger partial charge in [0.2, 0.25) is 5.91 Å². The lowest BCUT2D eigenvalue weighted by Crippen LogP contribution is -2.51. The lowest BCUT2D eigenvalue weighted by atomic mass is 9.94. The first kappa shape index (κ1) is 23.3. The van der Waals surface area contributed by atoms with Crippen LogP contribution in [0.25, 0.3) is 11.1 Å². The second kappa shape index (κ2) is 10.9.